The molecule has 1 atom stereocenters. The molecule has 0 aliphatic heterocycles. The van der Waals surface area contributed by atoms with E-state index >= 15 is 0 Å². The zero-order chi connectivity index (χ0) is 19.2. The lowest BCUT2D eigenvalue weighted by molar-refractivity contribution is -0.120. The summed E-state index contributed by atoms with van der Waals surface area (Å²) in [5, 5.41) is 3.43. The summed E-state index contributed by atoms with van der Waals surface area (Å²) < 4.78 is 0. The maximum atomic E-state index is 12.9. The number of carbonyl (C=O) groups is 1. The van der Waals surface area contributed by atoms with Gasteiger partial charge in [0.05, 0.1) is 0 Å². The Labute approximate surface area is 165 Å². The summed E-state index contributed by atoms with van der Waals surface area (Å²) in [5.74, 6) is 0.285. The van der Waals surface area contributed by atoms with Gasteiger partial charge in [-0.25, -0.2) is 0 Å². The summed E-state index contributed by atoms with van der Waals surface area (Å²) in [6.45, 7) is 2.26. The minimum atomic E-state index is -0.261. The Morgan fingerprint density at radius 2 is 1.26 bits per heavy atom. The first-order valence-corrected chi connectivity index (χ1v) is 10.7. The molecule has 0 bridgehead atoms. The van der Waals surface area contributed by atoms with E-state index in [0.717, 1.165) is 24.1 Å². The molecule has 0 fully saturated rings. The highest BCUT2D eigenvalue weighted by Gasteiger charge is 2.19. The van der Waals surface area contributed by atoms with Crippen LogP contribution in [0.25, 0.3) is 0 Å². The van der Waals surface area contributed by atoms with Gasteiger partial charge >= 0.3 is 0 Å². The van der Waals surface area contributed by atoms with E-state index in [2.05, 4.69) is 12.2 Å². The molecular weight excluding hydrogens is 330 g/mol. The monoisotopic (exact) mass is 365 g/mol. The third-order valence-electron chi connectivity index (χ3n) is 5.07. The van der Waals surface area contributed by atoms with E-state index < -0.39 is 0 Å². The molecule has 0 saturated heterocycles. The predicted octanol–water partition coefficient (Wildman–Crippen LogP) is 7.33. The molecule has 1 unspecified atom stereocenters. The number of ketones is 1. The van der Waals surface area contributed by atoms with E-state index in [-0.39, 0.29) is 11.8 Å². The summed E-state index contributed by atoms with van der Waals surface area (Å²) in [4.78, 5) is 12.9. The van der Waals surface area contributed by atoms with E-state index in [1.807, 2.05) is 60.7 Å². The Balaban J connectivity index is 1.77. The van der Waals surface area contributed by atoms with Crippen molar-refractivity contribution in [1.82, 2.24) is 0 Å². The van der Waals surface area contributed by atoms with Crippen molar-refractivity contribution < 1.29 is 4.79 Å². The van der Waals surface area contributed by atoms with Gasteiger partial charge in [-0.15, -0.1) is 0 Å². The summed E-state index contributed by atoms with van der Waals surface area (Å²) in [5.41, 5.74) is 2.04. The summed E-state index contributed by atoms with van der Waals surface area (Å²) >= 11 is 0. The number of benzene rings is 2. The molecule has 0 saturated carbocycles. The molecule has 0 heterocycles. The van der Waals surface area contributed by atoms with Crippen LogP contribution in [0.2, 0.25) is 0 Å². The van der Waals surface area contributed by atoms with Crippen molar-refractivity contribution in [3.05, 3.63) is 66.2 Å². The van der Waals surface area contributed by atoms with Crippen molar-refractivity contribution in [3.8, 4) is 0 Å². The van der Waals surface area contributed by atoms with Crippen molar-refractivity contribution in [2.24, 2.45) is 0 Å². The highest BCUT2D eigenvalue weighted by molar-refractivity contribution is 5.87. The summed E-state index contributed by atoms with van der Waals surface area (Å²) in [6, 6.07) is 19.8. The van der Waals surface area contributed by atoms with Crippen LogP contribution in [0.15, 0.2) is 60.7 Å². The number of para-hydroxylation sites is 1. The Kier molecular flexibility index (Phi) is 10.3. The fraction of sp³-hybridized carbons (Fsp3) is 0.480. The van der Waals surface area contributed by atoms with Crippen LogP contribution < -0.4 is 5.32 Å². The summed E-state index contributed by atoms with van der Waals surface area (Å²) in [7, 11) is 0. The zero-order valence-corrected chi connectivity index (χ0v) is 16.8. The van der Waals surface area contributed by atoms with Gasteiger partial charge in [0.2, 0.25) is 0 Å². The Morgan fingerprint density at radius 3 is 1.85 bits per heavy atom. The molecule has 146 valence electrons. The summed E-state index contributed by atoms with van der Waals surface area (Å²) in [6.07, 6.45) is 12.1. The van der Waals surface area contributed by atoms with Gasteiger partial charge in [0.15, 0.2) is 5.78 Å². The highest BCUT2D eigenvalue weighted by Crippen LogP contribution is 2.23. The maximum absolute atomic E-state index is 12.9. The van der Waals surface area contributed by atoms with Gasteiger partial charge in [0, 0.05) is 12.1 Å². The molecule has 0 aliphatic rings. The molecule has 2 aromatic rings. The van der Waals surface area contributed by atoms with Crippen LogP contribution >= 0.6 is 0 Å². The molecule has 2 aromatic carbocycles. The largest absolute Gasteiger partial charge is 0.372 e. The minimum Gasteiger partial charge on any atom is -0.372 e. The van der Waals surface area contributed by atoms with Gasteiger partial charge in [-0.1, -0.05) is 107 Å². The van der Waals surface area contributed by atoms with E-state index in [1.54, 1.807) is 0 Å². The van der Waals surface area contributed by atoms with Crippen LogP contribution in [-0.4, -0.2) is 5.78 Å². The number of anilines is 1. The van der Waals surface area contributed by atoms with Gasteiger partial charge in [0.1, 0.15) is 6.04 Å². The molecule has 0 aromatic heterocycles. The van der Waals surface area contributed by atoms with Gasteiger partial charge in [0.25, 0.3) is 0 Å². The minimum absolute atomic E-state index is 0.261. The third-order valence-corrected chi connectivity index (χ3v) is 5.07. The van der Waals surface area contributed by atoms with Crippen LogP contribution in [-0.2, 0) is 4.79 Å². The van der Waals surface area contributed by atoms with Crippen molar-refractivity contribution in [2.75, 3.05) is 5.32 Å². The lowest BCUT2D eigenvalue weighted by Gasteiger charge is -2.19. The van der Waals surface area contributed by atoms with Crippen molar-refractivity contribution >= 4 is 11.5 Å². The average molecular weight is 366 g/mol. The zero-order valence-electron chi connectivity index (χ0n) is 16.8. The van der Waals surface area contributed by atoms with Crippen molar-refractivity contribution in [1.29, 1.82) is 0 Å². The second-order valence-corrected chi connectivity index (χ2v) is 7.40. The Hall–Kier alpha value is -2.09. The van der Waals surface area contributed by atoms with Crippen LogP contribution in [0.5, 0.6) is 0 Å². The smallest absolute Gasteiger partial charge is 0.159 e. The molecule has 0 amide bonds. The molecule has 1 N–H and O–H groups in total. The second-order valence-electron chi connectivity index (χ2n) is 7.40. The van der Waals surface area contributed by atoms with Gasteiger partial charge in [-0.05, 0) is 24.1 Å². The van der Waals surface area contributed by atoms with Crippen molar-refractivity contribution in [2.45, 2.75) is 77.2 Å². The molecule has 0 aliphatic carbocycles. The molecule has 27 heavy (non-hydrogen) atoms. The van der Waals surface area contributed by atoms with Gasteiger partial charge in [-0.2, -0.15) is 0 Å². The number of unbranched alkanes of at least 4 members (excludes halogenated alkanes) is 8. The first-order valence-electron chi connectivity index (χ1n) is 10.7. The normalized spacial score (nSPS) is 11.9. The van der Waals surface area contributed by atoms with Crippen LogP contribution in [0.1, 0.15) is 82.7 Å². The Morgan fingerprint density at radius 1 is 0.741 bits per heavy atom. The van der Waals surface area contributed by atoms with Crippen LogP contribution in [0, 0.1) is 0 Å². The second kappa shape index (κ2) is 13.1. The molecule has 0 radical (unpaired) electrons. The van der Waals surface area contributed by atoms with Crippen LogP contribution in [0.4, 0.5) is 5.69 Å². The van der Waals surface area contributed by atoms with E-state index in [9.17, 15) is 4.79 Å². The van der Waals surface area contributed by atoms with Gasteiger partial charge < -0.3 is 5.32 Å². The van der Waals surface area contributed by atoms with Crippen molar-refractivity contribution in [3.63, 3.8) is 0 Å². The Bertz CT molecular complexity index is 623. The highest BCUT2D eigenvalue weighted by atomic mass is 16.1. The van der Waals surface area contributed by atoms with E-state index in [1.165, 1.54) is 44.9 Å². The lowest BCUT2D eigenvalue weighted by atomic mass is 9.97. The fourth-order valence-corrected chi connectivity index (χ4v) is 3.45. The number of nitrogens with one attached hydrogen (secondary N) is 1. The number of hydrogen-bond donors (Lipinski definition) is 1. The standard InChI is InChI=1S/C25H35NO/c1-2-3-4-5-6-7-8-9-16-21-24(27)25(22-17-12-10-13-18-22)26-23-19-14-11-15-20-23/h10-15,17-20,25-26H,2-9,16,21H2,1H3. The number of hydrogen-bond acceptors (Lipinski definition) is 2. The van der Waals surface area contributed by atoms with E-state index in [4.69, 9.17) is 0 Å². The third kappa shape index (κ3) is 8.43. The molecule has 2 nitrogen and oxygen atoms in total. The molecule has 0 spiro atoms. The van der Waals surface area contributed by atoms with Gasteiger partial charge in [-0.3, -0.25) is 4.79 Å². The average Bonchev–Trinajstić information content (AvgIpc) is 2.72. The topological polar surface area (TPSA) is 29.1 Å². The molecule has 2 heteroatoms. The SMILES string of the molecule is CCCCCCCCCCCC(=O)C(Nc1ccccc1)c1ccccc1. The first kappa shape index (κ1) is 21.2. The number of carbonyl (C=O) groups excluding carboxylic acids is 1. The lowest BCUT2D eigenvalue weighted by Crippen LogP contribution is -2.21. The molecular formula is C25H35NO. The fourth-order valence-electron chi connectivity index (χ4n) is 3.45. The quantitative estimate of drug-likeness (QED) is 0.355. The van der Waals surface area contributed by atoms with E-state index in [0.29, 0.717) is 6.42 Å². The maximum Gasteiger partial charge on any atom is 0.159 e. The predicted molar refractivity (Wildman–Crippen MR) is 116 cm³/mol. The number of rotatable bonds is 14. The molecule has 2 rings (SSSR count). The first-order chi connectivity index (χ1) is 13.3. The van der Waals surface area contributed by atoms with Crippen LogP contribution in [0.3, 0.4) is 0 Å². The number of Topliss-reactive ketones (excluding diaryl/α,β-unsaturated/α-hetero) is 1.